The van der Waals surface area contributed by atoms with Crippen molar-refractivity contribution in [3.63, 3.8) is 0 Å². The van der Waals surface area contributed by atoms with Crippen LogP contribution in [0.5, 0.6) is 0 Å². The van der Waals surface area contributed by atoms with Crippen molar-refractivity contribution in [1.82, 2.24) is 0 Å². The van der Waals surface area contributed by atoms with Gasteiger partial charge in [-0.05, 0) is 65.4 Å². The molecule has 0 aliphatic carbocycles. The summed E-state index contributed by atoms with van der Waals surface area (Å²) in [6.45, 7) is 4.52. The average molecular weight is 347 g/mol. The van der Waals surface area contributed by atoms with Crippen molar-refractivity contribution < 1.29 is 0 Å². The summed E-state index contributed by atoms with van der Waals surface area (Å²) < 4.78 is 0. The van der Waals surface area contributed by atoms with Crippen LogP contribution >= 0.6 is 34.0 Å². The fourth-order valence-electron chi connectivity index (χ4n) is 2.72. The first-order valence-corrected chi connectivity index (χ1v) is 10.6. The van der Waals surface area contributed by atoms with Crippen LogP contribution in [0.25, 0.3) is 19.5 Å². The molecule has 0 unspecified atom stereocenters. The molecule has 0 aliphatic rings. The maximum Gasteiger partial charge on any atom is 0.0474 e. The van der Waals surface area contributed by atoms with Crippen LogP contribution in [0.4, 0.5) is 0 Å². The Morgan fingerprint density at radius 1 is 0.727 bits per heavy atom. The lowest BCUT2D eigenvalue weighted by Gasteiger charge is -2.01. The Hall–Kier alpha value is -0.900. The first-order chi connectivity index (χ1) is 10.8. The third-order valence-corrected chi connectivity index (χ3v) is 7.22. The molecule has 3 aromatic heterocycles. The molecule has 0 amide bonds. The lowest BCUT2D eigenvalue weighted by molar-refractivity contribution is 0.798. The molecule has 0 spiro atoms. The van der Waals surface area contributed by atoms with E-state index in [0.29, 0.717) is 0 Å². The van der Waals surface area contributed by atoms with E-state index in [1.807, 2.05) is 34.0 Å². The Morgan fingerprint density at radius 2 is 1.32 bits per heavy atom. The van der Waals surface area contributed by atoms with Gasteiger partial charge in [0.1, 0.15) is 0 Å². The van der Waals surface area contributed by atoms with Gasteiger partial charge in [0.15, 0.2) is 0 Å². The summed E-state index contributed by atoms with van der Waals surface area (Å²) in [7, 11) is 0. The van der Waals surface area contributed by atoms with E-state index in [4.69, 9.17) is 0 Å². The standard InChI is InChI=1S/C19H22S3/c1-3-5-7-15-11-13-21-19(15)17-9-8-16(22-17)18-14(6-4-2)10-12-20-18/h8-13H,3-7H2,1-2H3. The number of unbranched alkanes of at least 4 members (excludes halogenated alkanes) is 1. The number of aryl methyl sites for hydroxylation is 2. The lowest BCUT2D eigenvalue weighted by atomic mass is 10.1. The predicted molar refractivity (Wildman–Crippen MR) is 104 cm³/mol. The molecule has 0 aromatic carbocycles. The van der Waals surface area contributed by atoms with Gasteiger partial charge in [-0.2, -0.15) is 0 Å². The van der Waals surface area contributed by atoms with Crippen molar-refractivity contribution in [1.29, 1.82) is 0 Å². The van der Waals surface area contributed by atoms with E-state index in [2.05, 4.69) is 48.9 Å². The molecule has 0 fully saturated rings. The summed E-state index contributed by atoms with van der Waals surface area (Å²) in [6.07, 6.45) is 6.16. The summed E-state index contributed by atoms with van der Waals surface area (Å²) in [5.41, 5.74) is 3.04. The van der Waals surface area contributed by atoms with Gasteiger partial charge in [0.25, 0.3) is 0 Å². The maximum atomic E-state index is 2.32. The topological polar surface area (TPSA) is 0 Å². The molecular formula is C19H22S3. The summed E-state index contributed by atoms with van der Waals surface area (Å²) >= 11 is 5.73. The Morgan fingerprint density at radius 3 is 1.86 bits per heavy atom. The highest BCUT2D eigenvalue weighted by Crippen LogP contribution is 2.41. The number of thiophene rings is 3. The molecule has 3 heterocycles. The predicted octanol–water partition coefficient (Wildman–Crippen LogP) is 7.50. The van der Waals surface area contributed by atoms with Crippen LogP contribution in [0, 0.1) is 0 Å². The fraction of sp³-hybridized carbons (Fsp3) is 0.368. The van der Waals surface area contributed by atoms with E-state index in [-0.39, 0.29) is 0 Å². The van der Waals surface area contributed by atoms with Crippen LogP contribution in [0.1, 0.15) is 44.2 Å². The number of hydrogen-bond acceptors (Lipinski definition) is 3. The molecule has 0 aliphatic heterocycles. The zero-order chi connectivity index (χ0) is 15.4. The average Bonchev–Trinajstić information content (AvgIpc) is 3.24. The molecule has 0 saturated heterocycles. The second-order valence-corrected chi connectivity index (χ2v) is 8.48. The summed E-state index contributed by atoms with van der Waals surface area (Å²) in [5, 5.41) is 4.48. The van der Waals surface area contributed by atoms with Crippen LogP contribution in [0.3, 0.4) is 0 Å². The molecule has 0 N–H and O–H groups in total. The minimum absolute atomic E-state index is 1.19. The van der Waals surface area contributed by atoms with Crippen molar-refractivity contribution >= 4 is 34.0 Å². The highest BCUT2D eigenvalue weighted by Gasteiger charge is 2.13. The van der Waals surface area contributed by atoms with Crippen molar-refractivity contribution in [3.8, 4) is 19.5 Å². The second kappa shape index (κ2) is 7.58. The van der Waals surface area contributed by atoms with E-state index in [9.17, 15) is 0 Å². The van der Waals surface area contributed by atoms with Gasteiger partial charge in [-0.3, -0.25) is 0 Å². The molecule has 0 radical (unpaired) electrons. The second-order valence-electron chi connectivity index (χ2n) is 5.57. The molecule has 0 saturated carbocycles. The van der Waals surface area contributed by atoms with Crippen molar-refractivity contribution in [2.24, 2.45) is 0 Å². The van der Waals surface area contributed by atoms with Crippen molar-refractivity contribution in [2.75, 3.05) is 0 Å². The molecule has 0 atom stereocenters. The third kappa shape index (κ3) is 3.37. The minimum Gasteiger partial charge on any atom is -0.143 e. The van der Waals surface area contributed by atoms with E-state index >= 15 is 0 Å². The van der Waals surface area contributed by atoms with Gasteiger partial charge in [0.2, 0.25) is 0 Å². The van der Waals surface area contributed by atoms with Gasteiger partial charge in [-0.1, -0.05) is 26.7 Å². The van der Waals surface area contributed by atoms with Crippen LogP contribution < -0.4 is 0 Å². The van der Waals surface area contributed by atoms with Crippen LogP contribution in [0.2, 0.25) is 0 Å². The monoisotopic (exact) mass is 346 g/mol. The van der Waals surface area contributed by atoms with Crippen LogP contribution in [-0.2, 0) is 12.8 Å². The SMILES string of the molecule is CCCCc1ccsc1-c1ccc(-c2sccc2CCC)s1. The minimum atomic E-state index is 1.19. The Labute approximate surface area is 145 Å². The zero-order valence-electron chi connectivity index (χ0n) is 13.2. The van der Waals surface area contributed by atoms with Gasteiger partial charge >= 0.3 is 0 Å². The van der Waals surface area contributed by atoms with Gasteiger partial charge in [-0.25, -0.2) is 0 Å². The number of hydrogen-bond donors (Lipinski definition) is 0. The molecule has 116 valence electrons. The maximum absolute atomic E-state index is 2.32. The van der Waals surface area contributed by atoms with Crippen molar-refractivity contribution in [2.45, 2.75) is 46.0 Å². The molecule has 3 rings (SSSR count). The normalized spacial score (nSPS) is 11.2. The third-order valence-electron chi connectivity index (χ3n) is 3.87. The highest BCUT2D eigenvalue weighted by atomic mass is 32.1. The van der Waals surface area contributed by atoms with Crippen LogP contribution in [-0.4, -0.2) is 0 Å². The quantitative estimate of drug-likeness (QED) is 0.415. The van der Waals surface area contributed by atoms with Gasteiger partial charge in [-0.15, -0.1) is 34.0 Å². The van der Waals surface area contributed by atoms with E-state index in [0.717, 1.165) is 0 Å². The Kier molecular flexibility index (Phi) is 5.51. The van der Waals surface area contributed by atoms with E-state index in [1.165, 1.54) is 62.7 Å². The first kappa shape index (κ1) is 16.0. The smallest absolute Gasteiger partial charge is 0.0474 e. The summed E-state index contributed by atoms with van der Waals surface area (Å²) in [4.78, 5) is 5.83. The lowest BCUT2D eigenvalue weighted by Crippen LogP contribution is -1.82. The molecule has 0 nitrogen and oxygen atoms in total. The summed E-state index contributed by atoms with van der Waals surface area (Å²) in [5.74, 6) is 0. The molecular weight excluding hydrogens is 324 g/mol. The molecule has 0 bridgehead atoms. The zero-order valence-corrected chi connectivity index (χ0v) is 15.7. The number of rotatable bonds is 7. The molecule has 3 aromatic rings. The van der Waals surface area contributed by atoms with E-state index < -0.39 is 0 Å². The Bertz CT molecular complexity index is 714. The van der Waals surface area contributed by atoms with Crippen LogP contribution in [0.15, 0.2) is 35.0 Å². The molecule has 22 heavy (non-hydrogen) atoms. The largest absolute Gasteiger partial charge is 0.143 e. The highest BCUT2D eigenvalue weighted by molar-refractivity contribution is 7.25. The van der Waals surface area contributed by atoms with Crippen molar-refractivity contribution in [3.05, 3.63) is 46.2 Å². The first-order valence-electron chi connectivity index (χ1n) is 8.06. The summed E-state index contributed by atoms with van der Waals surface area (Å²) in [6, 6.07) is 9.23. The van der Waals surface area contributed by atoms with Gasteiger partial charge < -0.3 is 0 Å². The van der Waals surface area contributed by atoms with Gasteiger partial charge in [0.05, 0.1) is 0 Å². The fourth-order valence-corrected chi connectivity index (χ4v) is 5.96. The Balaban J connectivity index is 1.88. The van der Waals surface area contributed by atoms with Gasteiger partial charge in [0, 0.05) is 19.5 Å². The molecule has 3 heteroatoms. The van der Waals surface area contributed by atoms with E-state index in [1.54, 1.807) is 0 Å².